The highest BCUT2D eigenvalue weighted by Crippen LogP contribution is 2.24. The number of likely N-dealkylation sites (tertiary alicyclic amines) is 1. The van der Waals surface area contributed by atoms with Gasteiger partial charge in [0.1, 0.15) is 0 Å². The Balaban J connectivity index is 1.43. The fourth-order valence-corrected chi connectivity index (χ4v) is 3.98. The molecule has 2 heterocycles. The average Bonchev–Trinajstić information content (AvgIpc) is 3.25. The van der Waals surface area contributed by atoms with Gasteiger partial charge < -0.3 is 15.7 Å². The number of nitrogens with zero attached hydrogens (tertiary/aromatic N) is 1. The number of nitrogens with one attached hydrogen (secondary N) is 2. The van der Waals surface area contributed by atoms with Crippen LogP contribution in [0.2, 0.25) is 0 Å². The van der Waals surface area contributed by atoms with Crippen LogP contribution < -0.4 is 10.6 Å². The van der Waals surface area contributed by atoms with Gasteiger partial charge in [0.05, 0.1) is 25.0 Å². The molecule has 28 heavy (non-hydrogen) atoms. The van der Waals surface area contributed by atoms with E-state index in [0.29, 0.717) is 19.5 Å². The topological polar surface area (TPSA) is 81.7 Å². The lowest BCUT2D eigenvalue weighted by molar-refractivity contribution is -0.121. The molecule has 2 aliphatic heterocycles. The first-order valence-corrected chi connectivity index (χ1v) is 9.73. The zero-order valence-corrected chi connectivity index (χ0v) is 15.7. The zero-order chi connectivity index (χ0) is 19.5. The van der Waals surface area contributed by atoms with Crippen molar-refractivity contribution in [2.45, 2.75) is 31.4 Å². The van der Waals surface area contributed by atoms with Gasteiger partial charge >= 0.3 is 0 Å². The van der Waals surface area contributed by atoms with Crippen molar-refractivity contribution >= 4 is 17.5 Å². The minimum Gasteiger partial charge on any atom is -0.392 e. The van der Waals surface area contributed by atoms with Crippen LogP contribution in [-0.4, -0.2) is 47.6 Å². The second kappa shape index (κ2) is 8.12. The van der Waals surface area contributed by atoms with Crippen molar-refractivity contribution in [2.24, 2.45) is 0 Å². The van der Waals surface area contributed by atoms with Crippen molar-refractivity contribution in [3.8, 4) is 0 Å². The number of carbonyl (C=O) groups is 2. The Morgan fingerprint density at radius 1 is 1.25 bits per heavy atom. The van der Waals surface area contributed by atoms with Gasteiger partial charge in [-0.2, -0.15) is 0 Å². The van der Waals surface area contributed by atoms with E-state index in [0.717, 1.165) is 35.3 Å². The van der Waals surface area contributed by atoms with Crippen molar-refractivity contribution in [3.63, 3.8) is 0 Å². The molecule has 2 aliphatic rings. The number of benzene rings is 2. The molecule has 2 aromatic carbocycles. The molecule has 0 aliphatic carbocycles. The molecule has 1 fully saturated rings. The number of fused-ring (bicyclic) bond motifs is 1. The highest BCUT2D eigenvalue weighted by Gasteiger charge is 2.25. The van der Waals surface area contributed by atoms with Gasteiger partial charge in [-0.25, -0.2) is 0 Å². The number of rotatable bonds is 6. The van der Waals surface area contributed by atoms with Crippen molar-refractivity contribution < 1.29 is 14.7 Å². The molecular formula is C22H25N3O3. The number of hydrogen-bond acceptors (Lipinski definition) is 4. The summed E-state index contributed by atoms with van der Waals surface area (Å²) in [4.78, 5) is 26.4. The van der Waals surface area contributed by atoms with Crippen LogP contribution in [0.4, 0.5) is 5.69 Å². The molecule has 0 radical (unpaired) electrons. The van der Waals surface area contributed by atoms with E-state index in [1.54, 1.807) is 0 Å². The largest absolute Gasteiger partial charge is 0.392 e. The molecule has 146 valence electrons. The van der Waals surface area contributed by atoms with E-state index in [-0.39, 0.29) is 30.4 Å². The fraction of sp³-hybridized carbons (Fsp3) is 0.364. The van der Waals surface area contributed by atoms with Crippen LogP contribution in [0.25, 0.3) is 0 Å². The first-order chi connectivity index (χ1) is 13.6. The zero-order valence-electron chi connectivity index (χ0n) is 15.7. The number of aliphatic hydroxyl groups is 1. The summed E-state index contributed by atoms with van der Waals surface area (Å²) in [5, 5.41) is 15.8. The van der Waals surface area contributed by atoms with Crippen molar-refractivity contribution in [2.75, 3.05) is 25.0 Å². The van der Waals surface area contributed by atoms with Gasteiger partial charge in [0.25, 0.3) is 0 Å². The average molecular weight is 379 g/mol. The fourth-order valence-electron chi connectivity index (χ4n) is 3.98. The van der Waals surface area contributed by atoms with Crippen LogP contribution in [0.3, 0.4) is 0 Å². The van der Waals surface area contributed by atoms with Crippen LogP contribution in [0, 0.1) is 0 Å². The molecule has 0 bridgehead atoms. The Labute approximate surface area is 164 Å². The van der Waals surface area contributed by atoms with Crippen LogP contribution in [0.1, 0.15) is 29.2 Å². The van der Waals surface area contributed by atoms with Crippen LogP contribution in [0.5, 0.6) is 0 Å². The molecular weight excluding hydrogens is 354 g/mol. The first kappa shape index (κ1) is 18.7. The maximum Gasteiger partial charge on any atom is 0.228 e. The van der Waals surface area contributed by atoms with Gasteiger partial charge in [0, 0.05) is 25.3 Å². The molecule has 6 heteroatoms. The quantitative estimate of drug-likeness (QED) is 0.713. The van der Waals surface area contributed by atoms with E-state index < -0.39 is 0 Å². The molecule has 2 atom stereocenters. The lowest BCUT2D eigenvalue weighted by atomic mass is 10.0. The number of hydrogen-bond donors (Lipinski definition) is 3. The summed E-state index contributed by atoms with van der Waals surface area (Å²) < 4.78 is 0. The third-order valence-electron chi connectivity index (χ3n) is 5.38. The molecule has 1 saturated heterocycles. The third kappa shape index (κ3) is 4.40. The number of aliphatic hydroxyl groups excluding tert-OH is 1. The Kier molecular flexibility index (Phi) is 5.41. The van der Waals surface area contributed by atoms with E-state index in [1.165, 1.54) is 0 Å². The van der Waals surface area contributed by atoms with Crippen LogP contribution in [0.15, 0.2) is 48.5 Å². The van der Waals surface area contributed by atoms with E-state index in [1.807, 2.05) is 48.5 Å². The molecule has 0 unspecified atom stereocenters. The number of amides is 2. The summed E-state index contributed by atoms with van der Waals surface area (Å²) in [6.07, 6.45) is 1.13. The maximum atomic E-state index is 12.7. The summed E-state index contributed by atoms with van der Waals surface area (Å²) in [7, 11) is 0. The Bertz CT molecular complexity index is 869. The molecule has 2 amide bonds. The van der Waals surface area contributed by atoms with E-state index in [9.17, 15) is 14.7 Å². The predicted octanol–water partition coefficient (Wildman–Crippen LogP) is 1.65. The molecule has 0 saturated carbocycles. The first-order valence-electron chi connectivity index (χ1n) is 9.73. The molecule has 4 rings (SSSR count). The summed E-state index contributed by atoms with van der Waals surface area (Å²) in [6, 6.07) is 15.5. The number of anilines is 1. The summed E-state index contributed by atoms with van der Waals surface area (Å²) in [6.45, 7) is 2.16. The van der Waals surface area contributed by atoms with Crippen LogP contribution >= 0.6 is 0 Å². The van der Waals surface area contributed by atoms with Crippen molar-refractivity contribution in [1.82, 2.24) is 10.2 Å². The summed E-state index contributed by atoms with van der Waals surface area (Å²) >= 11 is 0. The second-order valence-corrected chi connectivity index (χ2v) is 7.63. The van der Waals surface area contributed by atoms with E-state index >= 15 is 0 Å². The van der Waals surface area contributed by atoms with Crippen molar-refractivity contribution in [3.05, 3.63) is 65.2 Å². The SMILES string of the molecule is O=C1Cc2cc(CC(=O)N[C@H](CN3CC[C@H](O)C3)c3ccccc3)ccc2N1. The van der Waals surface area contributed by atoms with Gasteiger partial charge in [0.2, 0.25) is 11.8 Å². The smallest absolute Gasteiger partial charge is 0.228 e. The lowest BCUT2D eigenvalue weighted by Gasteiger charge is -2.25. The highest BCUT2D eigenvalue weighted by atomic mass is 16.3. The Hall–Kier alpha value is -2.70. The van der Waals surface area contributed by atoms with Gasteiger partial charge in [-0.05, 0) is 29.2 Å². The normalized spacial score (nSPS) is 19.9. The monoisotopic (exact) mass is 379 g/mol. The standard InChI is InChI=1S/C22H25N3O3/c26-18-8-9-25(13-18)14-20(16-4-2-1-3-5-16)24-21(27)11-15-6-7-19-17(10-15)12-22(28)23-19/h1-7,10,18,20,26H,8-9,11-14H2,(H,23,28)(H,24,27)/t18-,20+/m0/s1. The molecule has 0 spiro atoms. The van der Waals surface area contributed by atoms with E-state index in [4.69, 9.17) is 0 Å². The summed E-state index contributed by atoms with van der Waals surface area (Å²) in [5.74, 6) is -0.0561. The van der Waals surface area contributed by atoms with E-state index in [2.05, 4.69) is 15.5 Å². The van der Waals surface area contributed by atoms with Gasteiger partial charge in [0.15, 0.2) is 0 Å². The molecule has 6 nitrogen and oxygen atoms in total. The minimum absolute atomic E-state index is 0.00598. The van der Waals surface area contributed by atoms with Gasteiger partial charge in [-0.1, -0.05) is 42.5 Å². The lowest BCUT2D eigenvalue weighted by Crippen LogP contribution is -2.38. The molecule has 0 aromatic heterocycles. The minimum atomic E-state index is -0.283. The predicted molar refractivity (Wildman–Crippen MR) is 107 cm³/mol. The maximum absolute atomic E-state index is 12.7. The Morgan fingerprint density at radius 2 is 2.07 bits per heavy atom. The Morgan fingerprint density at radius 3 is 2.82 bits per heavy atom. The second-order valence-electron chi connectivity index (χ2n) is 7.63. The summed E-state index contributed by atoms with van der Waals surface area (Å²) in [5.41, 5.74) is 3.74. The molecule has 2 aromatic rings. The number of β-amino-alcohol motifs (C(OH)–C–C–N with tert-alkyl or cyclic N) is 1. The van der Waals surface area contributed by atoms with Gasteiger partial charge in [-0.15, -0.1) is 0 Å². The third-order valence-corrected chi connectivity index (χ3v) is 5.38. The van der Waals surface area contributed by atoms with Crippen molar-refractivity contribution in [1.29, 1.82) is 0 Å². The molecule has 3 N–H and O–H groups in total. The highest BCUT2D eigenvalue weighted by molar-refractivity contribution is 5.99. The number of carbonyl (C=O) groups excluding carboxylic acids is 2. The van der Waals surface area contributed by atoms with Gasteiger partial charge in [-0.3, -0.25) is 14.5 Å². The van der Waals surface area contributed by atoms with Crippen LogP contribution in [-0.2, 0) is 22.4 Å².